The largest absolute Gasteiger partial charge is 0.378 e. The SMILES string of the molecule is Cc1c(NC(=O)N(C)CCC2CCCCO2)cccc1C(N)=O. The highest BCUT2D eigenvalue weighted by atomic mass is 16.5. The van der Waals surface area contributed by atoms with Gasteiger partial charge in [-0.05, 0) is 50.3 Å². The molecule has 1 aliphatic heterocycles. The van der Waals surface area contributed by atoms with E-state index >= 15 is 0 Å². The number of carbonyl (C=O) groups is 2. The highest BCUT2D eigenvalue weighted by Gasteiger charge is 2.17. The molecule has 1 heterocycles. The fourth-order valence-corrected chi connectivity index (χ4v) is 2.72. The summed E-state index contributed by atoms with van der Waals surface area (Å²) in [4.78, 5) is 25.3. The van der Waals surface area contributed by atoms with E-state index in [0.717, 1.165) is 25.9 Å². The molecule has 2 rings (SSSR count). The number of nitrogens with one attached hydrogen (secondary N) is 1. The molecule has 3 amide bonds. The average Bonchev–Trinajstić information content (AvgIpc) is 2.55. The van der Waals surface area contributed by atoms with Crippen molar-refractivity contribution in [3.05, 3.63) is 29.3 Å². The Morgan fingerprint density at radius 1 is 1.39 bits per heavy atom. The molecule has 0 aliphatic carbocycles. The first-order valence-corrected chi connectivity index (χ1v) is 8.02. The van der Waals surface area contributed by atoms with Crippen LogP contribution in [0.25, 0.3) is 0 Å². The van der Waals surface area contributed by atoms with E-state index in [1.165, 1.54) is 6.42 Å². The zero-order chi connectivity index (χ0) is 16.8. The van der Waals surface area contributed by atoms with Crippen molar-refractivity contribution in [1.82, 2.24) is 4.90 Å². The molecule has 1 atom stereocenters. The van der Waals surface area contributed by atoms with Crippen LogP contribution in [0.15, 0.2) is 18.2 Å². The number of carbonyl (C=O) groups excluding carboxylic acids is 2. The van der Waals surface area contributed by atoms with Crippen molar-refractivity contribution in [3.63, 3.8) is 0 Å². The van der Waals surface area contributed by atoms with Crippen LogP contribution in [0.1, 0.15) is 41.6 Å². The van der Waals surface area contributed by atoms with Crippen LogP contribution in [0.5, 0.6) is 0 Å². The quantitative estimate of drug-likeness (QED) is 0.874. The highest BCUT2D eigenvalue weighted by Crippen LogP contribution is 2.19. The summed E-state index contributed by atoms with van der Waals surface area (Å²) in [5.74, 6) is -0.499. The van der Waals surface area contributed by atoms with Gasteiger partial charge in [0.15, 0.2) is 0 Å². The first-order valence-electron chi connectivity index (χ1n) is 8.02. The Morgan fingerprint density at radius 2 is 2.17 bits per heavy atom. The minimum absolute atomic E-state index is 0.203. The molecular formula is C17H25N3O3. The number of hydrogen-bond donors (Lipinski definition) is 2. The zero-order valence-electron chi connectivity index (χ0n) is 13.8. The van der Waals surface area contributed by atoms with E-state index in [1.54, 1.807) is 37.1 Å². The van der Waals surface area contributed by atoms with E-state index in [9.17, 15) is 9.59 Å². The van der Waals surface area contributed by atoms with Gasteiger partial charge in [0, 0.05) is 31.5 Å². The molecule has 1 fully saturated rings. The number of amides is 3. The summed E-state index contributed by atoms with van der Waals surface area (Å²) in [5.41, 5.74) is 7.03. The van der Waals surface area contributed by atoms with Crippen molar-refractivity contribution in [2.45, 2.75) is 38.7 Å². The van der Waals surface area contributed by atoms with Crippen LogP contribution in [0.2, 0.25) is 0 Å². The Balaban J connectivity index is 1.90. The summed E-state index contributed by atoms with van der Waals surface area (Å²) in [6, 6.07) is 4.92. The Hall–Kier alpha value is -2.08. The standard InChI is InChI=1S/C17H25N3O3/c1-12-14(16(18)21)7-5-8-15(12)19-17(22)20(2)10-9-13-6-3-4-11-23-13/h5,7-8,13H,3-4,6,9-11H2,1-2H3,(H2,18,21)(H,19,22). The van der Waals surface area contributed by atoms with Crippen LogP contribution < -0.4 is 11.1 Å². The minimum atomic E-state index is -0.499. The maximum absolute atomic E-state index is 12.3. The fraction of sp³-hybridized carbons (Fsp3) is 0.529. The monoisotopic (exact) mass is 319 g/mol. The maximum Gasteiger partial charge on any atom is 0.321 e. The summed E-state index contributed by atoms with van der Waals surface area (Å²) >= 11 is 0. The topological polar surface area (TPSA) is 84.7 Å². The number of primary amides is 1. The van der Waals surface area contributed by atoms with Crippen molar-refractivity contribution in [3.8, 4) is 0 Å². The van der Waals surface area contributed by atoms with Gasteiger partial charge in [-0.1, -0.05) is 6.07 Å². The molecule has 0 saturated carbocycles. The van der Waals surface area contributed by atoms with Crippen molar-refractivity contribution in [2.24, 2.45) is 5.73 Å². The molecule has 1 saturated heterocycles. The van der Waals surface area contributed by atoms with Crippen LogP contribution in [0.3, 0.4) is 0 Å². The predicted molar refractivity (Wildman–Crippen MR) is 89.6 cm³/mol. The summed E-state index contributed by atoms with van der Waals surface area (Å²) in [7, 11) is 1.76. The maximum atomic E-state index is 12.3. The van der Waals surface area contributed by atoms with Gasteiger partial charge in [0.2, 0.25) is 5.91 Å². The van der Waals surface area contributed by atoms with Gasteiger partial charge in [-0.25, -0.2) is 4.79 Å². The van der Waals surface area contributed by atoms with Gasteiger partial charge < -0.3 is 20.7 Å². The molecule has 1 aromatic rings. The lowest BCUT2D eigenvalue weighted by molar-refractivity contribution is 0.00848. The molecule has 1 aliphatic rings. The van der Waals surface area contributed by atoms with Gasteiger partial charge in [0.05, 0.1) is 6.10 Å². The molecule has 23 heavy (non-hydrogen) atoms. The molecule has 0 bridgehead atoms. The third kappa shape index (κ3) is 4.69. The summed E-state index contributed by atoms with van der Waals surface area (Å²) < 4.78 is 5.68. The molecule has 0 spiro atoms. The molecule has 6 heteroatoms. The molecule has 6 nitrogen and oxygen atoms in total. The lowest BCUT2D eigenvalue weighted by atomic mass is 10.1. The minimum Gasteiger partial charge on any atom is -0.378 e. The van der Waals surface area contributed by atoms with Crippen LogP contribution in [-0.4, -0.2) is 43.1 Å². The molecule has 1 unspecified atom stereocenters. The number of hydrogen-bond acceptors (Lipinski definition) is 3. The molecule has 3 N–H and O–H groups in total. The highest BCUT2D eigenvalue weighted by molar-refractivity contribution is 5.98. The van der Waals surface area contributed by atoms with Gasteiger partial charge in [0.25, 0.3) is 0 Å². The molecule has 126 valence electrons. The van der Waals surface area contributed by atoms with Crippen LogP contribution >= 0.6 is 0 Å². The lowest BCUT2D eigenvalue weighted by Gasteiger charge is -2.25. The first-order chi connectivity index (χ1) is 11.0. The van der Waals surface area contributed by atoms with Crippen LogP contribution in [-0.2, 0) is 4.74 Å². The van der Waals surface area contributed by atoms with E-state index in [1.807, 2.05) is 0 Å². The Kier molecular flexibility index (Phi) is 5.98. The number of nitrogens with two attached hydrogens (primary N) is 1. The lowest BCUT2D eigenvalue weighted by Crippen LogP contribution is -2.34. The second-order valence-electron chi connectivity index (χ2n) is 5.97. The number of rotatable bonds is 5. The second-order valence-corrected chi connectivity index (χ2v) is 5.97. The Bertz CT molecular complexity index is 568. The fourth-order valence-electron chi connectivity index (χ4n) is 2.72. The average molecular weight is 319 g/mol. The summed E-state index contributed by atoms with van der Waals surface area (Å²) in [5, 5.41) is 2.83. The van der Waals surface area contributed by atoms with Gasteiger partial charge in [-0.2, -0.15) is 0 Å². The number of nitrogens with zero attached hydrogens (tertiary/aromatic N) is 1. The van der Waals surface area contributed by atoms with Crippen molar-refractivity contribution >= 4 is 17.6 Å². The van der Waals surface area contributed by atoms with Crippen molar-refractivity contribution < 1.29 is 14.3 Å². The zero-order valence-corrected chi connectivity index (χ0v) is 13.8. The van der Waals surface area contributed by atoms with E-state index in [-0.39, 0.29) is 12.1 Å². The number of anilines is 1. The third-order valence-corrected chi connectivity index (χ3v) is 4.25. The van der Waals surface area contributed by atoms with Crippen molar-refractivity contribution in [2.75, 3.05) is 25.5 Å². The molecule has 0 aromatic heterocycles. The third-order valence-electron chi connectivity index (χ3n) is 4.25. The molecule has 1 aromatic carbocycles. The summed E-state index contributed by atoms with van der Waals surface area (Å²) in [6.07, 6.45) is 4.47. The van der Waals surface area contributed by atoms with Crippen molar-refractivity contribution in [1.29, 1.82) is 0 Å². The van der Waals surface area contributed by atoms with E-state index in [2.05, 4.69) is 5.32 Å². The van der Waals surface area contributed by atoms with Gasteiger partial charge in [-0.3, -0.25) is 4.79 Å². The Labute approximate surface area is 137 Å². The number of benzene rings is 1. The molecule has 0 radical (unpaired) electrons. The Morgan fingerprint density at radius 3 is 2.83 bits per heavy atom. The second kappa shape index (κ2) is 7.97. The van der Waals surface area contributed by atoms with E-state index in [4.69, 9.17) is 10.5 Å². The number of ether oxygens (including phenoxy) is 1. The van der Waals surface area contributed by atoms with Gasteiger partial charge >= 0.3 is 6.03 Å². The van der Waals surface area contributed by atoms with Crippen LogP contribution in [0.4, 0.5) is 10.5 Å². The predicted octanol–water partition coefficient (Wildman–Crippen LogP) is 2.52. The van der Waals surface area contributed by atoms with E-state index < -0.39 is 5.91 Å². The van der Waals surface area contributed by atoms with Gasteiger partial charge in [0.1, 0.15) is 0 Å². The normalized spacial score (nSPS) is 17.6. The van der Waals surface area contributed by atoms with Gasteiger partial charge in [-0.15, -0.1) is 0 Å². The first kappa shape index (κ1) is 17.3. The summed E-state index contributed by atoms with van der Waals surface area (Å²) in [6.45, 7) is 3.22. The van der Waals surface area contributed by atoms with E-state index in [0.29, 0.717) is 23.4 Å². The molecular weight excluding hydrogens is 294 g/mol. The number of urea groups is 1. The van der Waals surface area contributed by atoms with Crippen LogP contribution in [0, 0.1) is 6.92 Å². The smallest absolute Gasteiger partial charge is 0.321 e.